The zero-order valence-corrected chi connectivity index (χ0v) is 14.0. The van der Waals surface area contributed by atoms with Crippen molar-refractivity contribution in [1.29, 1.82) is 0 Å². The van der Waals surface area contributed by atoms with Crippen LogP contribution in [0.5, 0.6) is 0 Å². The summed E-state index contributed by atoms with van der Waals surface area (Å²) >= 11 is 0. The molecule has 0 radical (unpaired) electrons. The fourth-order valence-electron chi connectivity index (χ4n) is 3.09. The quantitative estimate of drug-likeness (QED) is 0.676. The molecular weight excluding hydrogens is 322 g/mol. The molecule has 4 rings (SSSR count). The number of methoxy groups -OCH3 is 1. The van der Waals surface area contributed by atoms with E-state index in [1.54, 1.807) is 7.11 Å². The van der Waals surface area contributed by atoms with E-state index in [1.807, 2.05) is 30.3 Å². The molecule has 1 unspecified atom stereocenters. The van der Waals surface area contributed by atoms with Crippen molar-refractivity contribution in [3.05, 3.63) is 47.9 Å². The summed E-state index contributed by atoms with van der Waals surface area (Å²) in [6.07, 6.45) is 2.03. The number of rotatable bonds is 6. The van der Waals surface area contributed by atoms with Crippen LogP contribution in [0.25, 0.3) is 11.4 Å². The molecule has 0 aliphatic carbocycles. The first-order valence-electron chi connectivity index (χ1n) is 8.27. The number of hydrogen-bond donors (Lipinski definition) is 0. The summed E-state index contributed by atoms with van der Waals surface area (Å²) in [7, 11) is 1.60. The first-order valence-corrected chi connectivity index (χ1v) is 8.27. The van der Waals surface area contributed by atoms with Gasteiger partial charge in [0.1, 0.15) is 6.61 Å². The Labute approximate surface area is 144 Å². The second-order valence-electron chi connectivity index (χ2n) is 5.99. The maximum atomic E-state index is 5.53. The summed E-state index contributed by atoms with van der Waals surface area (Å²) in [5, 5.41) is 8.02. The lowest BCUT2D eigenvalue weighted by Crippen LogP contribution is -2.23. The molecular formula is C17H19N5O3. The summed E-state index contributed by atoms with van der Waals surface area (Å²) in [5.41, 5.74) is 0.947. The maximum Gasteiger partial charge on any atom is 0.244 e. The van der Waals surface area contributed by atoms with Gasteiger partial charge in [0.2, 0.25) is 17.6 Å². The van der Waals surface area contributed by atoms with Gasteiger partial charge in [-0.15, -0.1) is 0 Å². The highest BCUT2D eigenvalue weighted by Gasteiger charge is 2.32. The monoisotopic (exact) mass is 341 g/mol. The molecule has 0 N–H and O–H groups in total. The summed E-state index contributed by atoms with van der Waals surface area (Å²) in [4.78, 5) is 11.1. The minimum Gasteiger partial charge on any atom is -0.377 e. The van der Waals surface area contributed by atoms with Gasteiger partial charge in [0.15, 0.2) is 5.82 Å². The third-order valence-corrected chi connectivity index (χ3v) is 4.24. The third-order valence-electron chi connectivity index (χ3n) is 4.24. The Balaban J connectivity index is 1.48. The minimum atomic E-state index is 0.0720. The number of ether oxygens (including phenoxy) is 1. The van der Waals surface area contributed by atoms with Crippen molar-refractivity contribution in [2.45, 2.75) is 32.0 Å². The third kappa shape index (κ3) is 3.45. The van der Waals surface area contributed by atoms with E-state index in [0.717, 1.165) is 24.9 Å². The smallest absolute Gasteiger partial charge is 0.244 e. The van der Waals surface area contributed by atoms with Gasteiger partial charge in [-0.25, -0.2) is 0 Å². The molecule has 1 aliphatic rings. The molecule has 0 bridgehead atoms. The maximum absolute atomic E-state index is 5.53. The van der Waals surface area contributed by atoms with Crippen LogP contribution in [0.3, 0.4) is 0 Å². The van der Waals surface area contributed by atoms with E-state index >= 15 is 0 Å². The molecule has 0 amide bonds. The summed E-state index contributed by atoms with van der Waals surface area (Å²) in [6.45, 7) is 1.83. The lowest BCUT2D eigenvalue weighted by atomic mass is 10.2. The molecule has 1 aromatic carbocycles. The molecule has 0 spiro atoms. The van der Waals surface area contributed by atoms with E-state index in [2.05, 4.69) is 25.2 Å². The van der Waals surface area contributed by atoms with Crippen molar-refractivity contribution in [2.75, 3.05) is 13.7 Å². The van der Waals surface area contributed by atoms with Crippen molar-refractivity contribution in [3.8, 4) is 11.4 Å². The van der Waals surface area contributed by atoms with E-state index < -0.39 is 0 Å². The average molecular weight is 341 g/mol. The predicted octanol–water partition coefficient (Wildman–Crippen LogP) is 2.60. The Hall–Kier alpha value is -2.58. The van der Waals surface area contributed by atoms with Crippen LogP contribution in [-0.2, 0) is 17.9 Å². The van der Waals surface area contributed by atoms with Gasteiger partial charge in [0.25, 0.3) is 0 Å². The Morgan fingerprint density at radius 3 is 2.88 bits per heavy atom. The second kappa shape index (κ2) is 7.12. The van der Waals surface area contributed by atoms with Gasteiger partial charge in [0, 0.05) is 12.7 Å². The highest BCUT2D eigenvalue weighted by molar-refractivity contribution is 5.53. The lowest BCUT2D eigenvalue weighted by Gasteiger charge is -2.18. The van der Waals surface area contributed by atoms with Gasteiger partial charge in [-0.1, -0.05) is 40.6 Å². The van der Waals surface area contributed by atoms with E-state index in [4.69, 9.17) is 13.8 Å². The zero-order chi connectivity index (χ0) is 17.1. The van der Waals surface area contributed by atoms with Crippen LogP contribution < -0.4 is 0 Å². The largest absolute Gasteiger partial charge is 0.377 e. The topological polar surface area (TPSA) is 90.3 Å². The Morgan fingerprint density at radius 2 is 2.04 bits per heavy atom. The fraction of sp³-hybridized carbons (Fsp3) is 0.412. The van der Waals surface area contributed by atoms with E-state index in [-0.39, 0.29) is 6.04 Å². The van der Waals surface area contributed by atoms with Crippen molar-refractivity contribution >= 4 is 0 Å². The van der Waals surface area contributed by atoms with Gasteiger partial charge in [0.05, 0.1) is 12.6 Å². The standard InChI is InChI=1S/C17H19N5O3/c1-23-11-14-18-15(24-20-14)10-22-9-5-8-13(22)17-19-16(21-25-17)12-6-3-2-4-7-12/h2-4,6-7,13H,5,8-11H2,1H3. The highest BCUT2D eigenvalue weighted by atomic mass is 16.5. The summed E-state index contributed by atoms with van der Waals surface area (Å²) in [6, 6.07) is 9.89. The number of aromatic nitrogens is 4. The number of hydrogen-bond acceptors (Lipinski definition) is 8. The summed E-state index contributed by atoms with van der Waals surface area (Å²) in [5.74, 6) is 2.37. The van der Waals surface area contributed by atoms with Gasteiger partial charge >= 0.3 is 0 Å². The van der Waals surface area contributed by atoms with E-state index in [0.29, 0.717) is 36.6 Å². The minimum absolute atomic E-state index is 0.0720. The molecule has 130 valence electrons. The Kier molecular flexibility index (Phi) is 4.53. The molecule has 2 aromatic heterocycles. The molecule has 3 aromatic rings. The molecule has 0 saturated carbocycles. The molecule has 1 atom stereocenters. The summed E-state index contributed by atoms with van der Waals surface area (Å²) < 4.78 is 15.8. The van der Waals surface area contributed by atoms with E-state index in [1.165, 1.54) is 0 Å². The normalized spacial score (nSPS) is 18.0. The molecule has 25 heavy (non-hydrogen) atoms. The fourth-order valence-corrected chi connectivity index (χ4v) is 3.09. The lowest BCUT2D eigenvalue weighted by molar-refractivity contribution is 0.172. The van der Waals surface area contributed by atoms with Crippen molar-refractivity contribution < 1.29 is 13.8 Å². The molecule has 8 nitrogen and oxygen atoms in total. The Bertz CT molecular complexity index is 817. The first-order chi connectivity index (χ1) is 12.3. The number of benzene rings is 1. The SMILES string of the molecule is COCc1noc(CN2CCCC2c2nc(-c3ccccc3)no2)n1. The molecule has 1 saturated heterocycles. The van der Waals surface area contributed by atoms with Gasteiger partial charge in [-0.2, -0.15) is 9.97 Å². The second-order valence-corrected chi connectivity index (χ2v) is 5.99. The molecule has 3 heterocycles. The van der Waals surface area contributed by atoms with Crippen LogP contribution in [0.15, 0.2) is 39.4 Å². The molecule has 8 heteroatoms. The van der Waals surface area contributed by atoms with Gasteiger partial charge in [-0.3, -0.25) is 4.90 Å². The Morgan fingerprint density at radius 1 is 1.16 bits per heavy atom. The van der Waals surface area contributed by atoms with Crippen LogP contribution in [0.4, 0.5) is 0 Å². The van der Waals surface area contributed by atoms with Crippen LogP contribution >= 0.6 is 0 Å². The highest BCUT2D eigenvalue weighted by Crippen LogP contribution is 2.33. The van der Waals surface area contributed by atoms with Crippen LogP contribution in [0, 0.1) is 0 Å². The number of likely N-dealkylation sites (tertiary alicyclic amines) is 1. The first kappa shape index (κ1) is 15.9. The number of nitrogens with zero attached hydrogens (tertiary/aromatic N) is 5. The predicted molar refractivity (Wildman–Crippen MR) is 87.1 cm³/mol. The molecule has 1 fully saturated rings. The van der Waals surface area contributed by atoms with E-state index in [9.17, 15) is 0 Å². The molecule has 1 aliphatic heterocycles. The van der Waals surface area contributed by atoms with Crippen LogP contribution in [0.1, 0.15) is 36.5 Å². The van der Waals surface area contributed by atoms with Gasteiger partial charge < -0.3 is 13.8 Å². The van der Waals surface area contributed by atoms with Gasteiger partial charge in [-0.05, 0) is 19.4 Å². The van der Waals surface area contributed by atoms with Crippen molar-refractivity contribution in [1.82, 2.24) is 25.2 Å². The van der Waals surface area contributed by atoms with Crippen LogP contribution in [-0.4, -0.2) is 38.8 Å². The average Bonchev–Trinajstić information content (AvgIpc) is 3.37. The van der Waals surface area contributed by atoms with Crippen LogP contribution in [0.2, 0.25) is 0 Å². The van der Waals surface area contributed by atoms with Crippen molar-refractivity contribution in [3.63, 3.8) is 0 Å². The zero-order valence-electron chi connectivity index (χ0n) is 14.0. The van der Waals surface area contributed by atoms with Crippen molar-refractivity contribution in [2.24, 2.45) is 0 Å².